The number of nitrogen functional groups attached to an aromatic ring is 1. The minimum Gasteiger partial charge on any atom is -0.383 e. The van der Waals surface area contributed by atoms with Gasteiger partial charge in [0.15, 0.2) is 0 Å². The van der Waals surface area contributed by atoms with Gasteiger partial charge in [0.25, 0.3) is 0 Å². The van der Waals surface area contributed by atoms with E-state index >= 15 is 0 Å². The number of hydrazine groups is 1. The largest absolute Gasteiger partial charge is 0.383 e. The van der Waals surface area contributed by atoms with Gasteiger partial charge in [0.05, 0.1) is 17.0 Å². The molecule has 0 spiro atoms. The average molecular weight is 296 g/mol. The molecule has 4 N–H and O–H groups in total. The molecule has 0 bridgehead atoms. The van der Waals surface area contributed by atoms with Gasteiger partial charge < -0.3 is 10.2 Å². The number of aromatic nitrogens is 1. The first-order chi connectivity index (χ1) is 9.56. The van der Waals surface area contributed by atoms with Crippen LogP contribution < -0.4 is 16.0 Å². The first kappa shape index (κ1) is 14.7. The van der Waals surface area contributed by atoms with Crippen molar-refractivity contribution in [1.29, 1.82) is 0 Å². The van der Waals surface area contributed by atoms with Crippen LogP contribution in [-0.4, -0.2) is 33.7 Å². The quantitative estimate of drug-likeness (QED) is 0.406. The van der Waals surface area contributed by atoms with Gasteiger partial charge >= 0.3 is 0 Å². The summed E-state index contributed by atoms with van der Waals surface area (Å²) in [7, 11) is -2.02. The molecule has 0 aliphatic carbocycles. The molecule has 7 nitrogen and oxygen atoms in total. The summed E-state index contributed by atoms with van der Waals surface area (Å²) in [5.41, 5.74) is 3.11. The number of nitrogens with two attached hydrogens (primary N) is 1. The summed E-state index contributed by atoms with van der Waals surface area (Å²) in [6.45, 7) is 0.547. The van der Waals surface area contributed by atoms with E-state index in [4.69, 9.17) is 10.6 Å². The Kier molecular flexibility index (Phi) is 4.50. The number of ether oxygens (including phenoxy) is 1. The first-order valence-corrected chi connectivity index (χ1v) is 7.41. The molecule has 0 aliphatic rings. The molecule has 0 atom stereocenters. The van der Waals surface area contributed by atoms with Gasteiger partial charge in [-0.1, -0.05) is 0 Å². The normalized spacial score (nSPS) is 11.7. The zero-order chi connectivity index (χ0) is 14.6. The molecule has 0 saturated carbocycles. The zero-order valence-electron chi connectivity index (χ0n) is 11.0. The second-order valence-electron chi connectivity index (χ2n) is 4.09. The van der Waals surface area contributed by atoms with Crippen LogP contribution in [0.1, 0.15) is 0 Å². The van der Waals surface area contributed by atoms with E-state index in [0.29, 0.717) is 17.9 Å². The lowest BCUT2D eigenvalue weighted by Gasteiger charge is -2.08. The molecule has 0 aliphatic heterocycles. The second-order valence-corrected chi connectivity index (χ2v) is 5.85. The summed E-state index contributed by atoms with van der Waals surface area (Å²) < 4.78 is 31.4. The van der Waals surface area contributed by atoms with E-state index in [-0.39, 0.29) is 11.4 Å². The summed E-state index contributed by atoms with van der Waals surface area (Å²) >= 11 is 0. The van der Waals surface area contributed by atoms with Crippen molar-refractivity contribution in [3.05, 3.63) is 30.3 Å². The van der Waals surface area contributed by atoms with E-state index in [1.54, 1.807) is 24.3 Å². The Hall–Kier alpha value is -1.74. The standard InChI is InChI=1S/C12H16N4O3S/c1-19-7-6-14-20(17,18)10-3-4-11-9(8-10)2-5-12(15-11)16-13/h2-5,8,14H,6-7,13H2,1H3,(H,15,16). The summed E-state index contributed by atoms with van der Waals surface area (Å²) in [5.74, 6) is 5.80. The van der Waals surface area contributed by atoms with E-state index < -0.39 is 10.0 Å². The highest BCUT2D eigenvalue weighted by Crippen LogP contribution is 2.19. The van der Waals surface area contributed by atoms with Crippen LogP contribution >= 0.6 is 0 Å². The van der Waals surface area contributed by atoms with Crippen molar-refractivity contribution >= 4 is 26.7 Å². The van der Waals surface area contributed by atoms with Crippen LogP contribution in [0.4, 0.5) is 5.82 Å². The lowest BCUT2D eigenvalue weighted by Crippen LogP contribution is -2.27. The van der Waals surface area contributed by atoms with Crippen molar-refractivity contribution in [2.75, 3.05) is 25.7 Å². The van der Waals surface area contributed by atoms with Gasteiger partial charge in [-0.15, -0.1) is 0 Å². The van der Waals surface area contributed by atoms with Crippen molar-refractivity contribution in [2.24, 2.45) is 5.84 Å². The first-order valence-electron chi connectivity index (χ1n) is 5.93. The molecule has 0 amide bonds. The molecular formula is C12H16N4O3S. The van der Waals surface area contributed by atoms with E-state index in [1.807, 2.05) is 0 Å². The maximum Gasteiger partial charge on any atom is 0.240 e. The molecular weight excluding hydrogens is 280 g/mol. The third-order valence-corrected chi connectivity index (χ3v) is 4.18. The number of anilines is 1. The van der Waals surface area contributed by atoms with Gasteiger partial charge in [0.2, 0.25) is 10.0 Å². The highest BCUT2D eigenvalue weighted by molar-refractivity contribution is 7.89. The van der Waals surface area contributed by atoms with Gasteiger partial charge in [0.1, 0.15) is 5.82 Å². The summed E-state index contributed by atoms with van der Waals surface area (Å²) in [6, 6.07) is 8.15. The molecule has 0 fully saturated rings. The van der Waals surface area contributed by atoms with Crippen LogP contribution in [-0.2, 0) is 14.8 Å². The molecule has 1 aromatic carbocycles. The molecule has 0 saturated heterocycles. The van der Waals surface area contributed by atoms with Gasteiger partial charge in [-0.3, -0.25) is 0 Å². The van der Waals surface area contributed by atoms with Crippen molar-refractivity contribution in [3.8, 4) is 0 Å². The van der Waals surface area contributed by atoms with Crippen molar-refractivity contribution in [2.45, 2.75) is 4.90 Å². The fourth-order valence-corrected chi connectivity index (χ4v) is 2.76. The molecule has 108 valence electrons. The number of nitrogens with zero attached hydrogens (tertiary/aromatic N) is 1. The summed E-state index contributed by atoms with van der Waals surface area (Å²) in [4.78, 5) is 4.41. The monoisotopic (exact) mass is 296 g/mol. The number of sulfonamides is 1. The molecule has 8 heteroatoms. The predicted octanol–water partition coefficient (Wildman–Crippen LogP) is 0.445. The summed E-state index contributed by atoms with van der Waals surface area (Å²) in [5, 5.41) is 0.721. The zero-order valence-corrected chi connectivity index (χ0v) is 11.8. The van der Waals surface area contributed by atoms with Crippen LogP contribution in [0, 0.1) is 0 Å². The molecule has 2 aromatic rings. The number of nitrogens with one attached hydrogen (secondary N) is 2. The molecule has 0 radical (unpaired) electrons. The molecule has 2 rings (SSSR count). The van der Waals surface area contributed by atoms with E-state index in [9.17, 15) is 8.42 Å². The van der Waals surface area contributed by atoms with Crippen LogP contribution in [0.5, 0.6) is 0 Å². The Labute approximate surface area is 117 Å². The Balaban J connectivity index is 2.31. The van der Waals surface area contributed by atoms with Gasteiger partial charge in [-0.2, -0.15) is 0 Å². The fraction of sp³-hybridized carbons (Fsp3) is 0.250. The molecule has 1 heterocycles. The Morgan fingerprint density at radius 3 is 2.80 bits per heavy atom. The van der Waals surface area contributed by atoms with Crippen LogP contribution in [0.25, 0.3) is 10.9 Å². The molecule has 20 heavy (non-hydrogen) atoms. The molecule has 1 aromatic heterocycles. The van der Waals surface area contributed by atoms with Gasteiger partial charge in [0, 0.05) is 19.0 Å². The van der Waals surface area contributed by atoms with Crippen LogP contribution in [0.15, 0.2) is 35.2 Å². The van der Waals surface area contributed by atoms with Crippen molar-refractivity contribution < 1.29 is 13.2 Å². The van der Waals surface area contributed by atoms with Crippen LogP contribution in [0.2, 0.25) is 0 Å². The Morgan fingerprint density at radius 2 is 2.10 bits per heavy atom. The summed E-state index contributed by atoms with van der Waals surface area (Å²) in [6.07, 6.45) is 0. The number of pyridine rings is 1. The number of rotatable bonds is 6. The van der Waals surface area contributed by atoms with Crippen molar-refractivity contribution in [1.82, 2.24) is 9.71 Å². The highest BCUT2D eigenvalue weighted by atomic mass is 32.2. The number of fused-ring (bicyclic) bond motifs is 1. The maximum absolute atomic E-state index is 12.1. The smallest absolute Gasteiger partial charge is 0.240 e. The second kappa shape index (κ2) is 6.14. The third-order valence-electron chi connectivity index (χ3n) is 2.72. The van der Waals surface area contributed by atoms with Gasteiger partial charge in [-0.05, 0) is 30.3 Å². The highest BCUT2D eigenvalue weighted by Gasteiger charge is 2.14. The Bertz CT molecular complexity index is 703. The topological polar surface area (TPSA) is 106 Å². The Morgan fingerprint density at radius 1 is 1.30 bits per heavy atom. The average Bonchev–Trinajstić information content (AvgIpc) is 2.46. The number of hydrogen-bond acceptors (Lipinski definition) is 6. The van der Waals surface area contributed by atoms with E-state index in [0.717, 1.165) is 5.39 Å². The molecule has 0 unspecified atom stereocenters. The lowest BCUT2D eigenvalue weighted by molar-refractivity contribution is 0.204. The third kappa shape index (κ3) is 3.23. The number of benzene rings is 1. The SMILES string of the molecule is COCCNS(=O)(=O)c1ccc2nc(NN)ccc2c1. The number of methoxy groups -OCH3 is 1. The lowest BCUT2D eigenvalue weighted by atomic mass is 10.2. The van der Waals surface area contributed by atoms with Gasteiger partial charge in [-0.25, -0.2) is 24.0 Å². The minimum absolute atomic E-state index is 0.191. The minimum atomic E-state index is -3.54. The van der Waals surface area contributed by atoms with E-state index in [1.165, 1.54) is 13.2 Å². The fourth-order valence-electron chi connectivity index (χ4n) is 1.71. The van der Waals surface area contributed by atoms with Crippen LogP contribution in [0.3, 0.4) is 0 Å². The maximum atomic E-state index is 12.1. The predicted molar refractivity (Wildman–Crippen MR) is 76.6 cm³/mol. The van der Waals surface area contributed by atoms with Crippen molar-refractivity contribution in [3.63, 3.8) is 0 Å². The number of hydrogen-bond donors (Lipinski definition) is 3. The van der Waals surface area contributed by atoms with E-state index in [2.05, 4.69) is 15.1 Å².